The summed E-state index contributed by atoms with van der Waals surface area (Å²) in [5.41, 5.74) is 0.362. The van der Waals surface area contributed by atoms with Crippen molar-refractivity contribution in [2.75, 3.05) is 20.2 Å². The zero-order chi connectivity index (χ0) is 15.7. The van der Waals surface area contributed by atoms with Crippen molar-refractivity contribution in [3.8, 4) is 5.75 Å². The second-order valence-electron chi connectivity index (χ2n) is 5.10. The van der Waals surface area contributed by atoms with Gasteiger partial charge >= 0.3 is 5.97 Å². The van der Waals surface area contributed by atoms with Crippen LogP contribution in [0.25, 0.3) is 0 Å². The van der Waals surface area contributed by atoms with Gasteiger partial charge < -0.3 is 14.7 Å². The molecule has 114 valence electrons. The summed E-state index contributed by atoms with van der Waals surface area (Å²) in [5, 5.41) is 9.62. The number of ether oxygens (including phenoxy) is 1. The first-order chi connectivity index (χ1) is 9.85. The molecule has 0 saturated carbocycles. The van der Waals surface area contributed by atoms with Crippen LogP contribution in [0.1, 0.15) is 17.3 Å². The molecule has 0 radical (unpaired) electrons. The molecular weight excluding hydrogens is 409 g/mol. The molecule has 1 aromatic carbocycles. The van der Waals surface area contributed by atoms with E-state index < -0.39 is 11.9 Å². The Morgan fingerprint density at radius 2 is 2.10 bits per heavy atom. The van der Waals surface area contributed by atoms with Gasteiger partial charge in [-0.05, 0) is 40.6 Å². The van der Waals surface area contributed by atoms with Crippen molar-refractivity contribution >= 4 is 46.1 Å². The lowest BCUT2D eigenvalue weighted by Gasteiger charge is -2.18. The standard InChI is InChI=1S/C14H15ClINO4/c1-7-5-17(6-9(7)14(19)20)13(18)8-3-10(15)11(16)4-12(8)21-2/h3-4,7,9H,5-6H2,1-2H3,(H,19,20)/t7-,9-/m1/s1. The van der Waals surface area contributed by atoms with E-state index in [1.807, 2.05) is 6.92 Å². The molecule has 1 aliphatic rings. The van der Waals surface area contributed by atoms with E-state index in [0.29, 0.717) is 22.9 Å². The summed E-state index contributed by atoms with van der Waals surface area (Å²) in [4.78, 5) is 25.3. The Morgan fingerprint density at radius 3 is 2.62 bits per heavy atom. The molecule has 5 nitrogen and oxygen atoms in total. The molecule has 0 unspecified atom stereocenters. The number of benzene rings is 1. The molecule has 2 atom stereocenters. The van der Waals surface area contributed by atoms with E-state index in [2.05, 4.69) is 22.6 Å². The van der Waals surface area contributed by atoms with Crippen molar-refractivity contribution in [2.24, 2.45) is 11.8 Å². The van der Waals surface area contributed by atoms with E-state index in [1.54, 1.807) is 17.0 Å². The van der Waals surface area contributed by atoms with Crippen LogP contribution in [-0.2, 0) is 4.79 Å². The van der Waals surface area contributed by atoms with Crippen molar-refractivity contribution in [3.63, 3.8) is 0 Å². The normalized spacial score (nSPS) is 21.4. The largest absolute Gasteiger partial charge is 0.496 e. The summed E-state index contributed by atoms with van der Waals surface area (Å²) in [7, 11) is 1.49. The summed E-state index contributed by atoms with van der Waals surface area (Å²) < 4.78 is 6.03. The van der Waals surface area contributed by atoms with Crippen molar-refractivity contribution in [1.82, 2.24) is 4.90 Å². The number of rotatable bonds is 3. The molecule has 1 aliphatic heterocycles. The van der Waals surface area contributed by atoms with Gasteiger partial charge in [-0.1, -0.05) is 18.5 Å². The van der Waals surface area contributed by atoms with Crippen LogP contribution in [0, 0.1) is 15.4 Å². The maximum atomic E-state index is 12.6. The van der Waals surface area contributed by atoms with E-state index in [0.717, 1.165) is 3.57 Å². The van der Waals surface area contributed by atoms with Crippen molar-refractivity contribution < 1.29 is 19.4 Å². The molecule has 0 aromatic heterocycles. The maximum Gasteiger partial charge on any atom is 0.308 e. The van der Waals surface area contributed by atoms with Crippen LogP contribution < -0.4 is 4.74 Å². The summed E-state index contributed by atoms with van der Waals surface area (Å²) in [5.74, 6) is -1.28. The van der Waals surface area contributed by atoms with Gasteiger partial charge in [-0.3, -0.25) is 9.59 Å². The number of halogens is 2. The predicted molar refractivity (Wildman–Crippen MR) is 86.9 cm³/mol. The summed E-state index contributed by atoms with van der Waals surface area (Å²) in [6.45, 7) is 2.47. The van der Waals surface area contributed by atoms with Gasteiger partial charge in [-0.25, -0.2) is 0 Å². The van der Waals surface area contributed by atoms with Crippen LogP contribution in [0.3, 0.4) is 0 Å². The number of methoxy groups -OCH3 is 1. The number of carbonyl (C=O) groups excluding carboxylic acids is 1. The number of carbonyl (C=O) groups is 2. The van der Waals surface area contributed by atoms with Gasteiger partial charge in [0, 0.05) is 16.7 Å². The monoisotopic (exact) mass is 423 g/mol. The highest BCUT2D eigenvalue weighted by Crippen LogP contribution is 2.31. The third-order valence-corrected chi connectivity index (χ3v) is 5.21. The zero-order valence-electron chi connectivity index (χ0n) is 11.6. The maximum absolute atomic E-state index is 12.6. The molecule has 0 spiro atoms. The average molecular weight is 424 g/mol. The number of nitrogens with zero attached hydrogens (tertiary/aromatic N) is 1. The van der Waals surface area contributed by atoms with Gasteiger partial charge in [-0.15, -0.1) is 0 Å². The first-order valence-electron chi connectivity index (χ1n) is 6.40. The third-order valence-electron chi connectivity index (χ3n) is 3.69. The average Bonchev–Trinajstić information content (AvgIpc) is 2.82. The SMILES string of the molecule is COc1cc(I)c(Cl)cc1C(=O)N1C[C@@H](C)[C@H](C(=O)O)C1. The van der Waals surface area contributed by atoms with Crippen LogP contribution in [-0.4, -0.2) is 42.1 Å². The number of hydrogen-bond acceptors (Lipinski definition) is 3. The fraction of sp³-hybridized carbons (Fsp3) is 0.429. The Bertz CT molecular complexity index is 593. The zero-order valence-corrected chi connectivity index (χ0v) is 14.5. The Balaban J connectivity index is 2.29. The van der Waals surface area contributed by atoms with Crippen LogP contribution >= 0.6 is 34.2 Å². The van der Waals surface area contributed by atoms with E-state index >= 15 is 0 Å². The van der Waals surface area contributed by atoms with Crippen molar-refractivity contribution in [2.45, 2.75) is 6.92 Å². The molecule has 1 fully saturated rings. The molecule has 1 N–H and O–H groups in total. The van der Waals surface area contributed by atoms with Gasteiger partial charge in [0.1, 0.15) is 5.75 Å². The highest BCUT2D eigenvalue weighted by atomic mass is 127. The third kappa shape index (κ3) is 3.26. The van der Waals surface area contributed by atoms with Gasteiger partial charge in [0.15, 0.2) is 0 Å². The Hall–Kier alpha value is -1.02. The molecule has 0 bridgehead atoms. The fourth-order valence-electron chi connectivity index (χ4n) is 2.49. The number of carboxylic acid groups (broad SMARTS) is 1. The summed E-state index contributed by atoms with van der Waals surface area (Å²) in [6, 6.07) is 3.27. The molecular formula is C14H15ClINO4. The molecule has 7 heteroatoms. The smallest absolute Gasteiger partial charge is 0.308 e. The molecule has 2 rings (SSSR count). The minimum atomic E-state index is -0.870. The second kappa shape index (κ2) is 6.39. The van der Waals surface area contributed by atoms with E-state index in [1.165, 1.54) is 7.11 Å². The number of aliphatic carboxylic acids is 1. The van der Waals surface area contributed by atoms with Gasteiger partial charge in [-0.2, -0.15) is 0 Å². The molecule has 1 heterocycles. The number of likely N-dealkylation sites (tertiary alicyclic amines) is 1. The quantitative estimate of drug-likeness (QED) is 0.759. The number of amides is 1. The Labute approximate surface area is 141 Å². The first kappa shape index (κ1) is 16.4. The minimum Gasteiger partial charge on any atom is -0.496 e. The number of carboxylic acids is 1. The predicted octanol–water partition coefficient (Wildman–Crippen LogP) is 2.75. The van der Waals surface area contributed by atoms with Crippen molar-refractivity contribution in [3.05, 3.63) is 26.3 Å². The van der Waals surface area contributed by atoms with Gasteiger partial charge in [0.2, 0.25) is 0 Å². The first-order valence-corrected chi connectivity index (χ1v) is 7.86. The minimum absolute atomic E-state index is 0.0724. The molecule has 1 saturated heterocycles. The molecule has 21 heavy (non-hydrogen) atoms. The molecule has 1 amide bonds. The second-order valence-corrected chi connectivity index (χ2v) is 6.67. The van der Waals surface area contributed by atoms with Crippen molar-refractivity contribution in [1.29, 1.82) is 0 Å². The lowest BCUT2D eigenvalue weighted by Crippen LogP contribution is -2.30. The topological polar surface area (TPSA) is 66.8 Å². The van der Waals surface area contributed by atoms with Crippen LogP contribution in [0.15, 0.2) is 12.1 Å². The van der Waals surface area contributed by atoms with E-state index in [9.17, 15) is 9.59 Å². The fourth-order valence-corrected chi connectivity index (χ4v) is 3.09. The molecule has 0 aliphatic carbocycles. The lowest BCUT2D eigenvalue weighted by atomic mass is 9.99. The Morgan fingerprint density at radius 1 is 1.43 bits per heavy atom. The van der Waals surface area contributed by atoms with Crippen LogP contribution in [0.5, 0.6) is 5.75 Å². The van der Waals surface area contributed by atoms with Gasteiger partial charge in [0.25, 0.3) is 5.91 Å². The highest BCUT2D eigenvalue weighted by Gasteiger charge is 2.37. The Kier molecular flexibility index (Phi) is 4.98. The van der Waals surface area contributed by atoms with E-state index in [4.69, 9.17) is 21.4 Å². The van der Waals surface area contributed by atoms with Crippen LogP contribution in [0.2, 0.25) is 5.02 Å². The van der Waals surface area contributed by atoms with Crippen LogP contribution in [0.4, 0.5) is 0 Å². The summed E-state index contributed by atoms with van der Waals surface area (Å²) >= 11 is 8.14. The lowest BCUT2D eigenvalue weighted by molar-refractivity contribution is -0.142. The van der Waals surface area contributed by atoms with E-state index in [-0.39, 0.29) is 18.4 Å². The number of hydrogen-bond donors (Lipinski definition) is 1. The van der Waals surface area contributed by atoms with Gasteiger partial charge in [0.05, 0.1) is 23.6 Å². The highest BCUT2D eigenvalue weighted by molar-refractivity contribution is 14.1. The summed E-state index contributed by atoms with van der Waals surface area (Å²) in [6.07, 6.45) is 0. The molecule has 1 aromatic rings.